The van der Waals surface area contributed by atoms with Gasteiger partial charge in [0.25, 0.3) is 5.91 Å². The number of rotatable bonds is 9. The van der Waals surface area contributed by atoms with Gasteiger partial charge in [-0.1, -0.05) is 48.9 Å². The first kappa shape index (κ1) is 22.8. The lowest BCUT2D eigenvalue weighted by Crippen LogP contribution is -2.51. The Labute approximate surface area is 178 Å². The van der Waals surface area contributed by atoms with Crippen LogP contribution in [-0.2, 0) is 16.1 Å². The van der Waals surface area contributed by atoms with E-state index in [2.05, 4.69) is 5.32 Å². The van der Waals surface area contributed by atoms with E-state index in [-0.39, 0.29) is 24.5 Å². The standard InChI is InChI=1S/C23H29ClN2O3/c1-5-21(23(28)25-16(2)3)26(14-18-9-7-6-8-10-18)22(27)15-29-19-11-12-20(24)17(4)13-19/h6-13,16,21H,5,14-15H2,1-4H3,(H,25,28)/t21-/m0/s1. The van der Waals surface area contributed by atoms with Crippen LogP contribution in [0.2, 0.25) is 5.02 Å². The maximum absolute atomic E-state index is 13.1. The van der Waals surface area contributed by atoms with E-state index >= 15 is 0 Å². The van der Waals surface area contributed by atoms with Gasteiger partial charge >= 0.3 is 0 Å². The van der Waals surface area contributed by atoms with Gasteiger partial charge in [-0.25, -0.2) is 0 Å². The molecule has 0 unspecified atom stereocenters. The Bertz CT molecular complexity index is 824. The van der Waals surface area contributed by atoms with Crippen molar-refractivity contribution in [1.82, 2.24) is 10.2 Å². The van der Waals surface area contributed by atoms with Crippen molar-refractivity contribution in [1.29, 1.82) is 0 Å². The zero-order valence-electron chi connectivity index (χ0n) is 17.4. The number of carbonyl (C=O) groups is 2. The van der Waals surface area contributed by atoms with E-state index in [9.17, 15) is 9.59 Å². The van der Waals surface area contributed by atoms with Gasteiger partial charge in [-0.2, -0.15) is 0 Å². The van der Waals surface area contributed by atoms with Gasteiger partial charge < -0.3 is 15.0 Å². The summed E-state index contributed by atoms with van der Waals surface area (Å²) in [4.78, 5) is 27.4. The molecule has 0 spiro atoms. The highest BCUT2D eigenvalue weighted by molar-refractivity contribution is 6.31. The molecule has 29 heavy (non-hydrogen) atoms. The van der Waals surface area contributed by atoms with E-state index in [4.69, 9.17) is 16.3 Å². The minimum absolute atomic E-state index is 0.00137. The van der Waals surface area contributed by atoms with Crippen LogP contribution in [0.3, 0.4) is 0 Å². The van der Waals surface area contributed by atoms with Crippen molar-refractivity contribution in [3.63, 3.8) is 0 Å². The highest BCUT2D eigenvalue weighted by Gasteiger charge is 2.29. The number of nitrogens with zero attached hydrogens (tertiary/aromatic N) is 1. The van der Waals surface area contributed by atoms with Crippen LogP contribution >= 0.6 is 11.6 Å². The molecule has 0 bridgehead atoms. The van der Waals surface area contributed by atoms with Crippen LogP contribution in [0.4, 0.5) is 0 Å². The Morgan fingerprint density at radius 3 is 2.41 bits per heavy atom. The molecule has 0 aliphatic heterocycles. The van der Waals surface area contributed by atoms with Crippen molar-refractivity contribution >= 4 is 23.4 Å². The maximum atomic E-state index is 13.1. The summed E-state index contributed by atoms with van der Waals surface area (Å²) in [5, 5.41) is 3.56. The maximum Gasteiger partial charge on any atom is 0.261 e. The van der Waals surface area contributed by atoms with Crippen LogP contribution < -0.4 is 10.1 Å². The predicted molar refractivity (Wildman–Crippen MR) is 116 cm³/mol. The molecule has 2 rings (SSSR count). The Kier molecular flexibility index (Phi) is 8.52. The molecule has 2 aromatic carbocycles. The summed E-state index contributed by atoms with van der Waals surface area (Å²) < 4.78 is 5.70. The quantitative estimate of drug-likeness (QED) is 0.660. The largest absolute Gasteiger partial charge is 0.484 e. The highest BCUT2D eigenvalue weighted by Crippen LogP contribution is 2.21. The zero-order valence-corrected chi connectivity index (χ0v) is 18.2. The highest BCUT2D eigenvalue weighted by atomic mass is 35.5. The molecular formula is C23H29ClN2O3. The molecular weight excluding hydrogens is 388 g/mol. The molecule has 5 nitrogen and oxygen atoms in total. The third-order valence-electron chi connectivity index (χ3n) is 4.50. The first-order chi connectivity index (χ1) is 13.8. The van der Waals surface area contributed by atoms with E-state index < -0.39 is 6.04 Å². The molecule has 0 fully saturated rings. The molecule has 1 N–H and O–H groups in total. The van der Waals surface area contributed by atoms with E-state index in [0.29, 0.717) is 23.7 Å². The van der Waals surface area contributed by atoms with Crippen molar-refractivity contribution in [3.05, 3.63) is 64.7 Å². The van der Waals surface area contributed by atoms with Gasteiger partial charge in [-0.05, 0) is 56.5 Å². The topological polar surface area (TPSA) is 58.6 Å². The van der Waals surface area contributed by atoms with E-state index in [1.54, 1.807) is 23.1 Å². The number of nitrogens with one attached hydrogen (secondary N) is 1. The monoisotopic (exact) mass is 416 g/mol. The lowest BCUT2D eigenvalue weighted by Gasteiger charge is -2.31. The first-order valence-corrected chi connectivity index (χ1v) is 10.2. The number of benzene rings is 2. The van der Waals surface area contributed by atoms with Gasteiger partial charge in [-0.15, -0.1) is 0 Å². The number of aryl methyl sites for hydroxylation is 1. The SMILES string of the molecule is CC[C@@H](C(=O)NC(C)C)N(Cc1ccccc1)C(=O)COc1ccc(Cl)c(C)c1. The Morgan fingerprint density at radius 1 is 1.14 bits per heavy atom. The predicted octanol–water partition coefficient (Wildman–Crippen LogP) is 4.36. The Balaban J connectivity index is 2.18. The molecule has 0 aromatic heterocycles. The van der Waals surface area contributed by atoms with E-state index in [1.807, 2.05) is 58.0 Å². The minimum atomic E-state index is -0.569. The van der Waals surface area contributed by atoms with E-state index in [0.717, 1.165) is 11.1 Å². The van der Waals surface area contributed by atoms with Gasteiger partial charge in [-0.3, -0.25) is 9.59 Å². The van der Waals surface area contributed by atoms with Crippen LogP contribution in [0.1, 0.15) is 38.3 Å². The molecule has 0 saturated heterocycles. The molecule has 2 aromatic rings. The molecule has 0 aliphatic carbocycles. The second kappa shape index (κ2) is 10.9. The van der Waals surface area contributed by atoms with Crippen molar-refractivity contribution < 1.29 is 14.3 Å². The number of hydrogen-bond acceptors (Lipinski definition) is 3. The fourth-order valence-electron chi connectivity index (χ4n) is 3.02. The molecule has 156 valence electrons. The Morgan fingerprint density at radius 2 is 1.83 bits per heavy atom. The van der Waals surface area contributed by atoms with Crippen molar-refractivity contribution in [2.75, 3.05) is 6.61 Å². The molecule has 2 amide bonds. The molecule has 1 atom stereocenters. The summed E-state index contributed by atoms with van der Waals surface area (Å²) in [5.41, 5.74) is 1.83. The third-order valence-corrected chi connectivity index (χ3v) is 4.93. The number of hydrogen-bond donors (Lipinski definition) is 1. The number of ether oxygens (including phenoxy) is 1. The number of amides is 2. The van der Waals surface area contributed by atoms with Crippen molar-refractivity contribution in [2.45, 2.75) is 52.7 Å². The van der Waals surface area contributed by atoms with Gasteiger partial charge in [0.05, 0.1) is 0 Å². The van der Waals surface area contributed by atoms with Crippen molar-refractivity contribution in [2.24, 2.45) is 0 Å². The van der Waals surface area contributed by atoms with Gasteiger partial charge in [0, 0.05) is 17.6 Å². The van der Waals surface area contributed by atoms with Gasteiger partial charge in [0.2, 0.25) is 5.91 Å². The number of halogens is 1. The Hall–Kier alpha value is -2.53. The second-order valence-corrected chi connectivity index (χ2v) is 7.70. The third kappa shape index (κ3) is 6.79. The lowest BCUT2D eigenvalue weighted by molar-refractivity contribution is -0.143. The molecule has 6 heteroatoms. The van der Waals surface area contributed by atoms with Gasteiger partial charge in [0.1, 0.15) is 11.8 Å². The summed E-state index contributed by atoms with van der Waals surface area (Å²) in [6.07, 6.45) is 0.511. The summed E-state index contributed by atoms with van der Waals surface area (Å²) in [5.74, 6) is 0.168. The van der Waals surface area contributed by atoms with Crippen LogP contribution in [0.25, 0.3) is 0 Å². The summed E-state index contributed by atoms with van der Waals surface area (Å²) in [7, 11) is 0. The van der Waals surface area contributed by atoms with Crippen LogP contribution in [0, 0.1) is 6.92 Å². The fourth-order valence-corrected chi connectivity index (χ4v) is 3.13. The molecule has 0 heterocycles. The average molecular weight is 417 g/mol. The fraction of sp³-hybridized carbons (Fsp3) is 0.391. The minimum Gasteiger partial charge on any atom is -0.484 e. The molecule has 0 radical (unpaired) electrons. The summed E-state index contributed by atoms with van der Waals surface area (Å²) in [6, 6.07) is 14.3. The first-order valence-electron chi connectivity index (χ1n) is 9.84. The second-order valence-electron chi connectivity index (χ2n) is 7.29. The van der Waals surface area contributed by atoms with Crippen molar-refractivity contribution in [3.8, 4) is 5.75 Å². The van der Waals surface area contributed by atoms with Crippen LogP contribution in [-0.4, -0.2) is 35.4 Å². The molecule has 0 aliphatic rings. The smallest absolute Gasteiger partial charge is 0.261 e. The zero-order chi connectivity index (χ0) is 21.4. The lowest BCUT2D eigenvalue weighted by atomic mass is 10.1. The van der Waals surface area contributed by atoms with Gasteiger partial charge in [0.15, 0.2) is 6.61 Å². The number of carbonyl (C=O) groups excluding carboxylic acids is 2. The normalized spacial score (nSPS) is 11.8. The summed E-state index contributed by atoms with van der Waals surface area (Å²) in [6.45, 7) is 7.77. The van der Waals surface area contributed by atoms with Crippen LogP contribution in [0.5, 0.6) is 5.75 Å². The van der Waals surface area contributed by atoms with Crippen LogP contribution in [0.15, 0.2) is 48.5 Å². The van der Waals surface area contributed by atoms with E-state index in [1.165, 1.54) is 0 Å². The molecule has 0 saturated carbocycles. The average Bonchev–Trinajstić information content (AvgIpc) is 2.68. The summed E-state index contributed by atoms with van der Waals surface area (Å²) >= 11 is 6.05.